The van der Waals surface area contributed by atoms with Crippen LogP contribution in [-0.4, -0.2) is 29.7 Å². The van der Waals surface area contributed by atoms with Crippen molar-refractivity contribution in [2.75, 3.05) is 19.7 Å². The van der Waals surface area contributed by atoms with Gasteiger partial charge in [-0.2, -0.15) is 0 Å². The molecule has 0 fully saturated rings. The molecule has 1 aromatic carbocycles. The van der Waals surface area contributed by atoms with Crippen LogP contribution in [0.5, 0.6) is 0 Å². The molecule has 1 N–H and O–H groups in total. The van der Waals surface area contributed by atoms with Crippen molar-refractivity contribution in [3.8, 4) is 0 Å². The van der Waals surface area contributed by atoms with Crippen molar-refractivity contribution < 1.29 is 5.11 Å². The van der Waals surface area contributed by atoms with E-state index in [1.807, 2.05) is 6.07 Å². The first-order chi connectivity index (χ1) is 7.76. The lowest BCUT2D eigenvalue weighted by molar-refractivity contribution is 0.171. The molecule has 0 saturated heterocycles. The van der Waals surface area contributed by atoms with Crippen LogP contribution in [0.4, 0.5) is 0 Å². The summed E-state index contributed by atoms with van der Waals surface area (Å²) in [4.78, 5) is 2.32. The molecule has 0 aliphatic rings. The molecule has 16 heavy (non-hydrogen) atoms. The van der Waals surface area contributed by atoms with Crippen LogP contribution in [-0.2, 0) is 6.54 Å². The summed E-state index contributed by atoms with van der Waals surface area (Å²) >= 11 is 0. The van der Waals surface area contributed by atoms with Gasteiger partial charge in [-0.05, 0) is 11.5 Å². The Bertz CT molecular complexity index is 273. The lowest BCUT2D eigenvalue weighted by Crippen LogP contribution is -2.30. The summed E-state index contributed by atoms with van der Waals surface area (Å²) in [6.07, 6.45) is 1.19. The maximum atomic E-state index is 9.06. The van der Waals surface area contributed by atoms with Crippen LogP contribution in [0.1, 0.15) is 25.8 Å². The largest absolute Gasteiger partial charge is 0.395 e. The zero-order valence-corrected chi connectivity index (χ0v) is 10.4. The molecule has 1 aromatic rings. The summed E-state index contributed by atoms with van der Waals surface area (Å²) in [6.45, 7) is 7.47. The van der Waals surface area contributed by atoms with Gasteiger partial charge in [0.15, 0.2) is 0 Å². The molecule has 0 bridgehead atoms. The summed E-state index contributed by atoms with van der Waals surface area (Å²) < 4.78 is 0. The van der Waals surface area contributed by atoms with E-state index < -0.39 is 0 Å². The average molecular weight is 221 g/mol. The van der Waals surface area contributed by atoms with Crippen LogP contribution in [0.15, 0.2) is 30.3 Å². The third kappa shape index (κ3) is 4.77. The number of benzene rings is 1. The van der Waals surface area contributed by atoms with Crippen molar-refractivity contribution in [3.63, 3.8) is 0 Å². The fourth-order valence-corrected chi connectivity index (χ4v) is 1.79. The lowest BCUT2D eigenvalue weighted by Gasteiger charge is -2.24. The molecule has 1 rings (SSSR count). The molecule has 0 saturated carbocycles. The van der Waals surface area contributed by atoms with Gasteiger partial charge in [-0.15, -0.1) is 0 Å². The Morgan fingerprint density at radius 1 is 1.25 bits per heavy atom. The molecule has 2 nitrogen and oxygen atoms in total. The van der Waals surface area contributed by atoms with E-state index >= 15 is 0 Å². The summed E-state index contributed by atoms with van der Waals surface area (Å²) in [5.41, 5.74) is 1.32. The quantitative estimate of drug-likeness (QED) is 0.765. The molecule has 0 spiro atoms. The van der Waals surface area contributed by atoms with Crippen molar-refractivity contribution in [1.82, 2.24) is 4.90 Å². The lowest BCUT2D eigenvalue weighted by atomic mass is 10.1. The van der Waals surface area contributed by atoms with Gasteiger partial charge >= 0.3 is 0 Å². The number of hydrogen-bond donors (Lipinski definition) is 1. The van der Waals surface area contributed by atoms with Gasteiger partial charge in [-0.25, -0.2) is 0 Å². The van der Waals surface area contributed by atoms with Crippen LogP contribution < -0.4 is 0 Å². The van der Waals surface area contributed by atoms with Gasteiger partial charge in [0.25, 0.3) is 0 Å². The molecule has 90 valence electrons. The molecule has 0 aromatic heterocycles. The number of aliphatic hydroxyl groups excluding tert-OH is 1. The van der Waals surface area contributed by atoms with Crippen LogP contribution in [0, 0.1) is 5.92 Å². The Hall–Kier alpha value is -0.860. The number of nitrogens with zero attached hydrogens (tertiary/aromatic N) is 1. The summed E-state index contributed by atoms with van der Waals surface area (Å²) in [6, 6.07) is 10.4. The zero-order chi connectivity index (χ0) is 11.8. The summed E-state index contributed by atoms with van der Waals surface area (Å²) in [5, 5.41) is 9.06. The second-order valence-electron chi connectivity index (χ2n) is 4.46. The number of aliphatic hydroxyl groups is 1. The highest BCUT2D eigenvalue weighted by molar-refractivity contribution is 5.14. The molecule has 1 atom stereocenters. The SMILES string of the molecule is CCC(C)CN(CCO)Cc1ccccc1. The Morgan fingerprint density at radius 2 is 1.94 bits per heavy atom. The van der Waals surface area contributed by atoms with Crippen molar-refractivity contribution in [1.29, 1.82) is 0 Å². The maximum Gasteiger partial charge on any atom is 0.0558 e. The van der Waals surface area contributed by atoms with E-state index in [-0.39, 0.29) is 6.61 Å². The third-order valence-electron chi connectivity index (χ3n) is 2.93. The second kappa shape index (κ2) is 7.42. The Kier molecular flexibility index (Phi) is 6.12. The highest BCUT2D eigenvalue weighted by Crippen LogP contribution is 2.09. The summed E-state index contributed by atoms with van der Waals surface area (Å²) in [7, 11) is 0. The van der Waals surface area contributed by atoms with Crippen molar-refractivity contribution >= 4 is 0 Å². The second-order valence-corrected chi connectivity index (χ2v) is 4.46. The van der Waals surface area contributed by atoms with E-state index in [0.29, 0.717) is 5.92 Å². The van der Waals surface area contributed by atoms with Gasteiger partial charge in [-0.1, -0.05) is 50.6 Å². The van der Waals surface area contributed by atoms with Crippen molar-refractivity contribution in [2.45, 2.75) is 26.8 Å². The fraction of sp³-hybridized carbons (Fsp3) is 0.571. The minimum atomic E-state index is 0.239. The average Bonchev–Trinajstić information content (AvgIpc) is 2.30. The molecule has 2 heteroatoms. The highest BCUT2D eigenvalue weighted by atomic mass is 16.3. The van der Waals surface area contributed by atoms with Gasteiger partial charge in [-0.3, -0.25) is 4.90 Å². The first-order valence-corrected chi connectivity index (χ1v) is 6.13. The van der Waals surface area contributed by atoms with Crippen LogP contribution in [0.3, 0.4) is 0 Å². The third-order valence-corrected chi connectivity index (χ3v) is 2.93. The minimum absolute atomic E-state index is 0.239. The van der Waals surface area contributed by atoms with Gasteiger partial charge in [0.2, 0.25) is 0 Å². The molecular formula is C14H23NO. The highest BCUT2D eigenvalue weighted by Gasteiger charge is 2.08. The molecular weight excluding hydrogens is 198 g/mol. The topological polar surface area (TPSA) is 23.5 Å². The maximum absolute atomic E-state index is 9.06. The molecule has 0 heterocycles. The number of rotatable bonds is 7. The standard InChI is InChI=1S/C14H23NO/c1-3-13(2)11-15(9-10-16)12-14-7-5-4-6-8-14/h4-8,13,16H,3,9-12H2,1-2H3. The minimum Gasteiger partial charge on any atom is -0.395 e. The summed E-state index contributed by atoms with van der Waals surface area (Å²) in [5.74, 6) is 0.690. The van der Waals surface area contributed by atoms with E-state index in [4.69, 9.17) is 5.11 Å². The predicted molar refractivity (Wildman–Crippen MR) is 68.3 cm³/mol. The molecule has 0 aliphatic carbocycles. The van der Waals surface area contributed by atoms with Gasteiger partial charge in [0.05, 0.1) is 6.61 Å². The molecule has 0 radical (unpaired) electrons. The normalized spacial score (nSPS) is 13.0. The monoisotopic (exact) mass is 221 g/mol. The van der Waals surface area contributed by atoms with E-state index in [2.05, 4.69) is 43.0 Å². The number of hydrogen-bond acceptors (Lipinski definition) is 2. The van der Waals surface area contributed by atoms with Crippen LogP contribution in [0.25, 0.3) is 0 Å². The Balaban J connectivity index is 2.50. The van der Waals surface area contributed by atoms with Crippen LogP contribution in [0.2, 0.25) is 0 Å². The van der Waals surface area contributed by atoms with E-state index in [1.54, 1.807) is 0 Å². The van der Waals surface area contributed by atoms with Crippen molar-refractivity contribution in [2.24, 2.45) is 5.92 Å². The van der Waals surface area contributed by atoms with E-state index in [9.17, 15) is 0 Å². The van der Waals surface area contributed by atoms with Gasteiger partial charge in [0, 0.05) is 19.6 Å². The predicted octanol–water partition coefficient (Wildman–Crippen LogP) is 2.53. The van der Waals surface area contributed by atoms with E-state index in [1.165, 1.54) is 12.0 Å². The molecule has 0 amide bonds. The first kappa shape index (κ1) is 13.2. The zero-order valence-electron chi connectivity index (χ0n) is 10.4. The molecule has 0 aliphatic heterocycles. The Labute approximate surface area is 98.9 Å². The van der Waals surface area contributed by atoms with Crippen LogP contribution >= 0.6 is 0 Å². The van der Waals surface area contributed by atoms with Crippen molar-refractivity contribution in [3.05, 3.63) is 35.9 Å². The van der Waals surface area contributed by atoms with Gasteiger partial charge in [0.1, 0.15) is 0 Å². The molecule has 1 unspecified atom stereocenters. The smallest absolute Gasteiger partial charge is 0.0558 e. The van der Waals surface area contributed by atoms with Gasteiger partial charge < -0.3 is 5.11 Å². The Morgan fingerprint density at radius 3 is 2.50 bits per heavy atom. The van der Waals surface area contributed by atoms with E-state index in [0.717, 1.165) is 19.6 Å². The first-order valence-electron chi connectivity index (χ1n) is 6.13. The fourth-order valence-electron chi connectivity index (χ4n) is 1.79.